The van der Waals surface area contributed by atoms with Crippen molar-refractivity contribution in [1.82, 2.24) is 0 Å². The summed E-state index contributed by atoms with van der Waals surface area (Å²) in [6, 6.07) is 8.22. The van der Waals surface area contributed by atoms with Gasteiger partial charge in [0.25, 0.3) is 0 Å². The van der Waals surface area contributed by atoms with Crippen LogP contribution >= 0.6 is 0 Å². The van der Waals surface area contributed by atoms with E-state index in [2.05, 4.69) is 26.0 Å². The Labute approximate surface area is 110 Å². The van der Waals surface area contributed by atoms with Gasteiger partial charge in [-0.15, -0.1) is 0 Å². The van der Waals surface area contributed by atoms with Crippen LogP contribution in [0.5, 0.6) is 0 Å². The lowest BCUT2D eigenvalue weighted by molar-refractivity contribution is -0.00699. The first-order valence-corrected chi connectivity index (χ1v) is 7.06. The molecule has 1 atom stereocenters. The Morgan fingerprint density at radius 2 is 1.67 bits per heavy atom. The molecular formula is C16H24O2. The van der Waals surface area contributed by atoms with Crippen LogP contribution in [-0.2, 0) is 4.74 Å². The lowest BCUT2D eigenvalue weighted by Crippen LogP contribution is -2.14. The molecule has 1 aromatic rings. The predicted octanol–water partition coefficient (Wildman–Crippen LogP) is 3.80. The molecule has 0 amide bonds. The van der Waals surface area contributed by atoms with Gasteiger partial charge in [0.15, 0.2) is 0 Å². The van der Waals surface area contributed by atoms with E-state index in [-0.39, 0.29) is 0 Å². The normalized spacial score (nSPS) is 18.4. The fourth-order valence-electron chi connectivity index (χ4n) is 2.48. The quantitative estimate of drug-likeness (QED) is 0.858. The van der Waals surface area contributed by atoms with E-state index in [9.17, 15) is 5.11 Å². The second-order valence-corrected chi connectivity index (χ2v) is 5.58. The lowest BCUT2D eigenvalue weighted by atomic mass is 10.0. The molecule has 1 aliphatic carbocycles. The van der Waals surface area contributed by atoms with Gasteiger partial charge in [0, 0.05) is 0 Å². The molecule has 1 fully saturated rings. The minimum atomic E-state index is -0.494. The summed E-state index contributed by atoms with van der Waals surface area (Å²) in [5, 5.41) is 10.1. The van der Waals surface area contributed by atoms with Crippen LogP contribution in [0.4, 0.5) is 0 Å². The second kappa shape index (κ2) is 6.35. The fraction of sp³-hybridized carbons (Fsp3) is 0.625. The molecule has 1 aliphatic rings. The molecule has 1 N–H and O–H groups in total. The van der Waals surface area contributed by atoms with Crippen molar-refractivity contribution in [2.45, 2.75) is 57.7 Å². The molecule has 1 saturated carbocycles. The van der Waals surface area contributed by atoms with Crippen molar-refractivity contribution in [2.75, 3.05) is 6.61 Å². The Balaban J connectivity index is 1.85. The summed E-state index contributed by atoms with van der Waals surface area (Å²) in [7, 11) is 0. The summed E-state index contributed by atoms with van der Waals surface area (Å²) in [5.74, 6) is 0.533. The number of aliphatic hydroxyl groups is 1. The van der Waals surface area contributed by atoms with E-state index in [0.717, 1.165) is 18.4 Å². The first-order chi connectivity index (χ1) is 8.66. The third kappa shape index (κ3) is 3.56. The van der Waals surface area contributed by atoms with E-state index < -0.39 is 6.10 Å². The average molecular weight is 248 g/mol. The number of benzene rings is 1. The Kier molecular flexibility index (Phi) is 4.79. The molecule has 2 rings (SSSR count). The van der Waals surface area contributed by atoms with Crippen LogP contribution in [0.25, 0.3) is 0 Å². The van der Waals surface area contributed by atoms with Crippen LogP contribution in [0.3, 0.4) is 0 Å². The number of hydrogen-bond donors (Lipinski definition) is 1. The standard InChI is InChI=1S/C16H24O2/c1-12(2)13-7-9-14(10-8-13)16(17)11-18-15-5-3-4-6-15/h7-10,12,15-17H,3-6,11H2,1-2H3. The first-order valence-electron chi connectivity index (χ1n) is 7.06. The number of rotatable bonds is 5. The summed E-state index contributed by atoms with van der Waals surface area (Å²) >= 11 is 0. The van der Waals surface area contributed by atoms with E-state index in [1.54, 1.807) is 0 Å². The van der Waals surface area contributed by atoms with Crippen molar-refractivity contribution >= 4 is 0 Å². The monoisotopic (exact) mass is 248 g/mol. The Bertz CT molecular complexity index is 350. The zero-order valence-electron chi connectivity index (χ0n) is 11.4. The molecule has 100 valence electrons. The zero-order chi connectivity index (χ0) is 13.0. The maximum absolute atomic E-state index is 10.1. The molecule has 0 spiro atoms. The molecule has 18 heavy (non-hydrogen) atoms. The number of hydrogen-bond acceptors (Lipinski definition) is 2. The first kappa shape index (κ1) is 13.6. The molecule has 2 nitrogen and oxygen atoms in total. The Hall–Kier alpha value is -0.860. The van der Waals surface area contributed by atoms with Crippen LogP contribution in [-0.4, -0.2) is 17.8 Å². The van der Waals surface area contributed by atoms with Gasteiger partial charge in [-0.3, -0.25) is 0 Å². The summed E-state index contributed by atoms with van der Waals surface area (Å²) in [6.07, 6.45) is 4.72. The largest absolute Gasteiger partial charge is 0.386 e. The minimum Gasteiger partial charge on any atom is -0.386 e. The van der Waals surface area contributed by atoms with Gasteiger partial charge in [-0.05, 0) is 29.9 Å². The summed E-state index contributed by atoms with van der Waals surface area (Å²) in [4.78, 5) is 0. The summed E-state index contributed by atoms with van der Waals surface area (Å²) in [6.45, 7) is 4.77. The van der Waals surface area contributed by atoms with Crippen molar-refractivity contribution in [3.05, 3.63) is 35.4 Å². The van der Waals surface area contributed by atoms with Gasteiger partial charge < -0.3 is 9.84 Å². The average Bonchev–Trinajstić information content (AvgIpc) is 2.89. The molecule has 1 aromatic carbocycles. The number of aliphatic hydroxyl groups excluding tert-OH is 1. The zero-order valence-corrected chi connectivity index (χ0v) is 11.4. The summed E-state index contributed by atoms with van der Waals surface area (Å²) in [5.41, 5.74) is 2.26. The van der Waals surface area contributed by atoms with Crippen molar-refractivity contribution in [3.8, 4) is 0 Å². The maximum Gasteiger partial charge on any atom is 0.102 e. The van der Waals surface area contributed by atoms with Gasteiger partial charge in [0.2, 0.25) is 0 Å². The highest BCUT2D eigenvalue weighted by atomic mass is 16.5. The Morgan fingerprint density at radius 3 is 2.22 bits per heavy atom. The van der Waals surface area contributed by atoms with Gasteiger partial charge in [0.05, 0.1) is 12.7 Å². The number of ether oxygens (including phenoxy) is 1. The van der Waals surface area contributed by atoms with E-state index in [1.165, 1.54) is 18.4 Å². The van der Waals surface area contributed by atoms with Crippen LogP contribution in [0.2, 0.25) is 0 Å². The highest BCUT2D eigenvalue weighted by Crippen LogP contribution is 2.23. The van der Waals surface area contributed by atoms with E-state index in [4.69, 9.17) is 4.74 Å². The van der Waals surface area contributed by atoms with E-state index >= 15 is 0 Å². The molecule has 0 radical (unpaired) electrons. The van der Waals surface area contributed by atoms with Crippen LogP contribution < -0.4 is 0 Å². The van der Waals surface area contributed by atoms with E-state index in [0.29, 0.717) is 18.6 Å². The van der Waals surface area contributed by atoms with E-state index in [1.807, 2.05) is 12.1 Å². The predicted molar refractivity (Wildman–Crippen MR) is 73.7 cm³/mol. The van der Waals surface area contributed by atoms with Gasteiger partial charge in [-0.2, -0.15) is 0 Å². The van der Waals surface area contributed by atoms with Gasteiger partial charge in [-0.1, -0.05) is 51.0 Å². The molecule has 0 bridgehead atoms. The van der Waals surface area contributed by atoms with Crippen LogP contribution in [0, 0.1) is 0 Å². The Morgan fingerprint density at radius 1 is 1.11 bits per heavy atom. The molecule has 0 heterocycles. The second-order valence-electron chi connectivity index (χ2n) is 5.58. The highest BCUT2D eigenvalue weighted by Gasteiger charge is 2.17. The highest BCUT2D eigenvalue weighted by molar-refractivity contribution is 5.26. The molecule has 0 aromatic heterocycles. The minimum absolute atomic E-state index is 0.370. The SMILES string of the molecule is CC(C)c1ccc(C(O)COC2CCCC2)cc1. The van der Waals surface area contributed by atoms with Crippen LogP contribution in [0.1, 0.15) is 62.7 Å². The topological polar surface area (TPSA) is 29.5 Å². The fourth-order valence-corrected chi connectivity index (χ4v) is 2.48. The van der Waals surface area contributed by atoms with Gasteiger partial charge >= 0.3 is 0 Å². The molecular weight excluding hydrogens is 224 g/mol. The van der Waals surface area contributed by atoms with Crippen molar-refractivity contribution in [1.29, 1.82) is 0 Å². The molecule has 0 saturated heterocycles. The van der Waals surface area contributed by atoms with Crippen molar-refractivity contribution < 1.29 is 9.84 Å². The van der Waals surface area contributed by atoms with Crippen molar-refractivity contribution in [2.24, 2.45) is 0 Å². The van der Waals surface area contributed by atoms with Crippen LogP contribution in [0.15, 0.2) is 24.3 Å². The summed E-state index contributed by atoms with van der Waals surface area (Å²) < 4.78 is 5.75. The molecule has 0 aliphatic heterocycles. The van der Waals surface area contributed by atoms with Crippen molar-refractivity contribution in [3.63, 3.8) is 0 Å². The van der Waals surface area contributed by atoms with Gasteiger partial charge in [-0.25, -0.2) is 0 Å². The molecule has 1 unspecified atom stereocenters. The smallest absolute Gasteiger partial charge is 0.102 e. The molecule has 2 heteroatoms. The van der Waals surface area contributed by atoms with Gasteiger partial charge in [0.1, 0.15) is 6.10 Å². The lowest BCUT2D eigenvalue weighted by Gasteiger charge is -2.16. The third-order valence-electron chi connectivity index (χ3n) is 3.78. The third-order valence-corrected chi connectivity index (χ3v) is 3.78. The maximum atomic E-state index is 10.1.